The molecule has 26 heavy (non-hydrogen) atoms. The van der Waals surface area contributed by atoms with Crippen molar-refractivity contribution >= 4 is 39.9 Å². The van der Waals surface area contributed by atoms with Crippen LogP contribution in [0.25, 0.3) is 5.57 Å². The largest absolute Gasteiger partial charge is 0.347 e. The second kappa shape index (κ2) is 7.19. The van der Waals surface area contributed by atoms with Gasteiger partial charge in [-0.05, 0) is 47.6 Å². The number of carbonyl (C=O) groups is 1. The molecule has 0 fully saturated rings. The monoisotopic (exact) mass is 463 g/mol. The summed E-state index contributed by atoms with van der Waals surface area (Å²) in [5.41, 5.74) is 2.52. The predicted molar refractivity (Wildman–Crippen MR) is 110 cm³/mol. The summed E-state index contributed by atoms with van der Waals surface area (Å²) in [7, 11) is 0. The third-order valence-electron chi connectivity index (χ3n) is 4.08. The van der Waals surface area contributed by atoms with E-state index in [1.807, 2.05) is 66.8 Å². The number of benzene rings is 1. The minimum absolute atomic E-state index is 0.163. The lowest BCUT2D eigenvalue weighted by Crippen LogP contribution is -2.46. The Bertz CT molecular complexity index is 907. The molecular formula is C20H19FIN3O. The molecular weight excluding hydrogens is 444 g/mol. The molecule has 0 aliphatic carbocycles. The van der Waals surface area contributed by atoms with Gasteiger partial charge in [0.15, 0.2) is 5.82 Å². The van der Waals surface area contributed by atoms with Crippen molar-refractivity contribution in [3.05, 3.63) is 75.4 Å². The van der Waals surface area contributed by atoms with Gasteiger partial charge in [0.2, 0.25) is 5.91 Å². The van der Waals surface area contributed by atoms with Crippen molar-refractivity contribution in [3.63, 3.8) is 0 Å². The summed E-state index contributed by atoms with van der Waals surface area (Å²) in [4.78, 5) is 16.1. The van der Waals surface area contributed by atoms with Crippen molar-refractivity contribution in [1.29, 1.82) is 0 Å². The normalized spacial score (nSPS) is 15.8. The number of halogens is 2. The highest BCUT2D eigenvalue weighted by Crippen LogP contribution is 2.34. The maximum Gasteiger partial charge on any atom is 0.246 e. The smallest absolute Gasteiger partial charge is 0.246 e. The molecule has 0 saturated heterocycles. The second-order valence-electron chi connectivity index (χ2n) is 6.83. The Morgan fingerprint density at radius 2 is 2.04 bits per heavy atom. The highest BCUT2D eigenvalue weighted by molar-refractivity contribution is 14.1. The molecule has 0 bridgehead atoms. The Morgan fingerprint density at radius 3 is 2.69 bits per heavy atom. The highest BCUT2D eigenvalue weighted by Gasteiger charge is 2.27. The third-order valence-corrected chi connectivity index (χ3v) is 5.13. The van der Waals surface area contributed by atoms with Crippen LogP contribution < -0.4 is 10.6 Å². The summed E-state index contributed by atoms with van der Waals surface area (Å²) in [5, 5.41) is 6.11. The van der Waals surface area contributed by atoms with E-state index in [1.165, 1.54) is 12.3 Å². The van der Waals surface area contributed by atoms with Gasteiger partial charge in [-0.2, -0.15) is 0 Å². The Labute approximate surface area is 165 Å². The summed E-state index contributed by atoms with van der Waals surface area (Å²) in [6.45, 7) is 8.04. The number of nitrogens with one attached hydrogen (secondary N) is 2. The molecule has 1 aromatic carbocycles. The molecule has 6 heteroatoms. The quantitative estimate of drug-likeness (QED) is 0.658. The SMILES string of the molecule is C=C(c1ccccc1)c1c(NC2=CC(=O)NC(C)(C)C2)ncc(F)c1I. The van der Waals surface area contributed by atoms with Crippen molar-refractivity contribution in [1.82, 2.24) is 10.3 Å². The number of rotatable bonds is 4. The van der Waals surface area contributed by atoms with Crippen LogP contribution in [-0.4, -0.2) is 16.4 Å². The summed E-state index contributed by atoms with van der Waals surface area (Å²) >= 11 is 1.96. The summed E-state index contributed by atoms with van der Waals surface area (Å²) < 4.78 is 14.6. The number of pyridine rings is 1. The van der Waals surface area contributed by atoms with Crippen LogP contribution in [0, 0.1) is 9.39 Å². The molecule has 1 amide bonds. The number of anilines is 1. The Kier molecular flexibility index (Phi) is 5.13. The van der Waals surface area contributed by atoms with E-state index < -0.39 is 5.82 Å². The van der Waals surface area contributed by atoms with Crippen molar-refractivity contribution in [2.24, 2.45) is 0 Å². The van der Waals surface area contributed by atoms with E-state index in [4.69, 9.17) is 0 Å². The topological polar surface area (TPSA) is 54.0 Å². The fourth-order valence-electron chi connectivity index (χ4n) is 2.95. The molecule has 3 rings (SSSR count). The van der Waals surface area contributed by atoms with Crippen molar-refractivity contribution in [2.75, 3.05) is 5.32 Å². The lowest BCUT2D eigenvalue weighted by atomic mass is 9.94. The van der Waals surface area contributed by atoms with Crippen molar-refractivity contribution in [3.8, 4) is 0 Å². The number of carbonyl (C=O) groups excluding carboxylic acids is 1. The molecule has 134 valence electrons. The van der Waals surface area contributed by atoms with E-state index >= 15 is 0 Å². The second-order valence-corrected chi connectivity index (χ2v) is 7.91. The molecule has 0 saturated carbocycles. The standard InChI is InChI=1S/C20H19FIN3O/c1-12(13-7-5-4-6-8-13)17-18(22)15(21)11-23-19(17)24-14-9-16(26)25-20(2,3)10-14/h4-9,11H,1,10H2,2-3H3,(H,23,24)(H,25,26). The molecule has 0 unspecified atom stereocenters. The van der Waals surface area contributed by atoms with E-state index in [0.717, 1.165) is 11.3 Å². The maximum absolute atomic E-state index is 14.2. The molecule has 1 aliphatic heterocycles. The Hall–Kier alpha value is -2.22. The minimum Gasteiger partial charge on any atom is -0.347 e. The van der Waals surface area contributed by atoms with E-state index in [-0.39, 0.29) is 11.4 Å². The number of nitrogens with zero attached hydrogens (tertiary/aromatic N) is 1. The van der Waals surface area contributed by atoms with E-state index in [9.17, 15) is 9.18 Å². The van der Waals surface area contributed by atoms with Crippen LogP contribution in [0.5, 0.6) is 0 Å². The third kappa shape index (κ3) is 3.95. The first-order valence-corrected chi connectivity index (χ1v) is 9.23. The van der Waals surface area contributed by atoms with Gasteiger partial charge in [-0.3, -0.25) is 4.79 Å². The van der Waals surface area contributed by atoms with Gasteiger partial charge in [-0.15, -0.1) is 0 Å². The lowest BCUT2D eigenvalue weighted by Gasteiger charge is -2.31. The molecule has 4 nitrogen and oxygen atoms in total. The van der Waals surface area contributed by atoms with Gasteiger partial charge in [0.05, 0.1) is 9.77 Å². The average Bonchev–Trinajstić information content (AvgIpc) is 2.57. The average molecular weight is 463 g/mol. The first kappa shape index (κ1) is 18.6. The molecule has 0 spiro atoms. The summed E-state index contributed by atoms with van der Waals surface area (Å²) in [6.07, 6.45) is 3.31. The molecule has 1 aliphatic rings. The molecule has 2 aromatic rings. The van der Waals surface area contributed by atoms with Gasteiger partial charge in [0.25, 0.3) is 0 Å². The van der Waals surface area contributed by atoms with Crippen LogP contribution in [0.2, 0.25) is 0 Å². The maximum atomic E-state index is 14.2. The summed E-state index contributed by atoms with van der Waals surface area (Å²) in [6, 6.07) is 9.57. The molecule has 0 radical (unpaired) electrons. The van der Waals surface area contributed by atoms with Crippen molar-refractivity contribution < 1.29 is 9.18 Å². The zero-order chi connectivity index (χ0) is 18.9. The lowest BCUT2D eigenvalue weighted by molar-refractivity contribution is -0.118. The van der Waals surface area contributed by atoms with Crippen LogP contribution in [0.1, 0.15) is 31.4 Å². The number of hydrogen-bond donors (Lipinski definition) is 2. The first-order valence-electron chi connectivity index (χ1n) is 8.15. The zero-order valence-electron chi connectivity index (χ0n) is 14.6. The van der Waals surface area contributed by atoms with Crippen molar-refractivity contribution in [2.45, 2.75) is 25.8 Å². The van der Waals surface area contributed by atoms with Gasteiger partial charge < -0.3 is 10.6 Å². The Morgan fingerprint density at radius 1 is 1.35 bits per heavy atom. The van der Waals surface area contributed by atoms with Gasteiger partial charge >= 0.3 is 0 Å². The van der Waals surface area contributed by atoms with Crippen LogP contribution in [0.4, 0.5) is 10.2 Å². The van der Waals surface area contributed by atoms with Gasteiger partial charge in [-0.25, -0.2) is 9.37 Å². The minimum atomic E-state index is -0.404. The molecule has 0 atom stereocenters. The first-order chi connectivity index (χ1) is 12.3. The fourth-order valence-corrected chi connectivity index (χ4v) is 3.67. The fraction of sp³-hybridized carbons (Fsp3) is 0.200. The molecule has 2 N–H and O–H groups in total. The Balaban J connectivity index is 2.02. The van der Waals surface area contributed by atoms with Crippen LogP contribution in [0.3, 0.4) is 0 Å². The van der Waals surface area contributed by atoms with E-state index in [2.05, 4.69) is 22.2 Å². The van der Waals surface area contributed by atoms with Gasteiger partial charge in [0, 0.05) is 29.3 Å². The molecule has 2 heterocycles. The summed E-state index contributed by atoms with van der Waals surface area (Å²) in [5.74, 6) is -0.0793. The predicted octanol–water partition coefficient (Wildman–Crippen LogP) is 4.48. The van der Waals surface area contributed by atoms with E-state index in [0.29, 0.717) is 26.9 Å². The number of hydrogen-bond acceptors (Lipinski definition) is 3. The zero-order valence-corrected chi connectivity index (χ0v) is 16.7. The van der Waals surface area contributed by atoms with Crippen LogP contribution in [-0.2, 0) is 4.79 Å². The van der Waals surface area contributed by atoms with E-state index in [1.54, 1.807) is 0 Å². The van der Waals surface area contributed by atoms with Gasteiger partial charge in [0.1, 0.15) is 5.82 Å². The number of amides is 1. The van der Waals surface area contributed by atoms with Gasteiger partial charge in [-0.1, -0.05) is 36.9 Å². The highest BCUT2D eigenvalue weighted by atomic mass is 127. The molecule has 1 aromatic heterocycles. The number of aromatic nitrogens is 1. The van der Waals surface area contributed by atoms with Crippen LogP contribution >= 0.6 is 22.6 Å². The van der Waals surface area contributed by atoms with Crippen LogP contribution in [0.15, 0.2) is 54.9 Å².